The molecule has 0 bridgehead atoms. The zero-order valence-electron chi connectivity index (χ0n) is 30.8. The number of fused-ring (bicyclic) bond motifs is 6. The highest BCUT2D eigenvalue weighted by Gasteiger charge is 2.18. The minimum absolute atomic E-state index is 0.685. The summed E-state index contributed by atoms with van der Waals surface area (Å²) in [5.74, 6) is 0.685. The number of benzene rings is 8. The van der Waals surface area contributed by atoms with Crippen molar-refractivity contribution in [1.29, 1.82) is 0 Å². The lowest BCUT2D eigenvalue weighted by Crippen LogP contribution is -1.97. The Morgan fingerprint density at radius 2 is 0.912 bits per heavy atom. The molecular weight excluding hydrogens is 711 g/mol. The van der Waals surface area contributed by atoms with Crippen LogP contribution in [-0.2, 0) is 0 Å². The first kappa shape index (κ1) is 33.1. The minimum Gasteiger partial charge on any atom is -0.255 e. The lowest BCUT2D eigenvalue weighted by molar-refractivity contribution is 1.18. The van der Waals surface area contributed by atoms with Gasteiger partial charge in [0.25, 0.3) is 0 Å². The summed E-state index contributed by atoms with van der Waals surface area (Å²) in [6.45, 7) is 0. The van der Waals surface area contributed by atoms with E-state index in [-0.39, 0.29) is 0 Å². The third-order valence-electron chi connectivity index (χ3n) is 10.9. The van der Waals surface area contributed by atoms with E-state index in [1.165, 1.54) is 47.5 Å². The average Bonchev–Trinajstić information content (AvgIpc) is 3.68. The van der Waals surface area contributed by atoms with Gasteiger partial charge in [-0.2, -0.15) is 0 Å². The molecule has 0 aliphatic rings. The first-order valence-electron chi connectivity index (χ1n) is 19.2. The van der Waals surface area contributed by atoms with Crippen LogP contribution in [0.15, 0.2) is 200 Å². The third-order valence-corrected chi connectivity index (χ3v) is 12.1. The molecule has 11 rings (SSSR count). The largest absolute Gasteiger partial charge is 0.255 e. The zero-order valence-corrected chi connectivity index (χ0v) is 31.6. The summed E-state index contributed by atoms with van der Waals surface area (Å²) in [7, 11) is 0. The van der Waals surface area contributed by atoms with Crippen molar-refractivity contribution in [3.8, 4) is 67.3 Å². The summed E-state index contributed by atoms with van der Waals surface area (Å²) in [6.07, 6.45) is 1.95. The number of nitrogens with zero attached hydrogens (tertiary/aromatic N) is 3. The Hall–Kier alpha value is -7.27. The number of hydrogen-bond donors (Lipinski definition) is 0. The van der Waals surface area contributed by atoms with Gasteiger partial charge in [-0.1, -0.05) is 152 Å². The summed E-state index contributed by atoms with van der Waals surface area (Å²) in [5, 5.41) is 6.10. The van der Waals surface area contributed by atoms with Crippen molar-refractivity contribution in [2.75, 3.05) is 0 Å². The maximum Gasteiger partial charge on any atom is 0.160 e. The molecule has 0 atom stereocenters. The van der Waals surface area contributed by atoms with Crippen LogP contribution in [0.4, 0.5) is 0 Å². The fraction of sp³-hybridized carbons (Fsp3) is 0. The van der Waals surface area contributed by atoms with Crippen LogP contribution in [0.3, 0.4) is 0 Å². The van der Waals surface area contributed by atoms with Gasteiger partial charge in [0.2, 0.25) is 0 Å². The Labute approximate surface area is 334 Å². The molecule has 3 heterocycles. The summed E-state index contributed by atoms with van der Waals surface area (Å²) in [5.41, 5.74) is 12.7. The maximum absolute atomic E-state index is 5.36. The monoisotopic (exact) mass is 743 g/mol. The Balaban J connectivity index is 1.17. The first-order valence-corrected chi connectivity index (χ1v) is 20.0. The van der Waals surface area contributed by atoms with Crippen LogP contribution in [0, 0.1) is 0 Å². The summed E-state index contributed by atoms with van der Waals surface area (Å²) in [6, 6.07) is 69.1. The molecule has 3 nitrogen and oxygen atoms in total. The van der Waals surface area contributed by atoms with E-state index in [4.69, 9.17) is 15.0 Å². The minimum atomic E-state index is 0.685. The number of thiophene rings is 1. The van der Waals surface area contributed by atoms with Gasteiger partial charge in [-0.3, -0.25) is 4.98 Å². The molecule has 0 spiro atoms. The van der Waals surface area contributed by atoms with E-state index >= 15 is 0 Å². The van der Waals surface area contributed by atoms with E-state index in [1.807, 2.05) is 18.3 Å². The second-order valence-electron chi connectivity index (χ2n) is 14.4. The fourth-order valence-corrected chi connectivity index (χ4v) is 9.33. The Morgan fingerprint density at radius 3 is 1.68 bits per heavy atom. The second kappa shape index (κ2) is 13.8. The molecule has 3 aromatic heterocycles. The van der Waals surface area contributed by atoms with Crippen molar-refractivity contribution in [2.45, 2.75) is 0 Å². The van der Waals surface area contributed by atoms with E-state index in [9.17, 15) is 0 Å². The van der Waals surface area contributed by atoms with Crippen molar-refractivity contribution in [3.63, 3.8) is 0 Å². The van der Waals surface area contributed by atoms with Crippen LogP contribution in [0.1, 0.15) is 0 Å². The maximum atomic E-state index is 5.36. The molecule has 57 heavy (non-hydrogen) atoms. The number of rotatable bonds is 6. The highest BCUT2D eigenvalue weighted by Crippen LogP contribution is 2.43. The van der Waals surface area contributed by atoms with Gasteiger partial charge in [-0.15, -0.1) is 11.3 Å². The molecule has 11 aromatic rings. The number of pyridine rings is 1. The van der Waals surface area contributed by atoms with Gasteiger partial charge in [0.05, 0.1) is 21.6 Å². The number of aromatic nitrogens is 3. The molecule has 0 fully saturated rings. The van der Waals surface area contributed by atoms with Crippen molar-refractivity contribution in [2.24, 2.45) is 0 Å². The SMILES string of the molecule is c1ccc(-c2ccc(-c3nc(-c4ccccc4)cc(-c4cc(-c5cc6ccccc6c6ccccc56)cc(-c5ccnc6c5sc5ccccc56)c4)n3)cc2)cc1. The van der Waals surface area contributed by atoms with Gasteiger partial charge in [0, 0.05) is 38.5 Å². The zero-order chi connectivity index (χ0) is 37.7. The Morgan fingerprint density at radius 1 is 0.351 bits per heavy atom. The molecule has 4 heteroatoms. The van der Waals surface area contributed by atoms with E-state index in [2.05, 4.69) is 182 Å². The van der Waals surface area contributed by atoms with Gasteiger partial charge in [0.15, 0.2) is 5.82 Å². The topological polar surface area (TPSA) is 38.7 Å². The van der Waals surface area contributed by atoms with Crippen LogP contribution in [0.25, 0.3) is 109 Å². The van der Waals surface area contributed by atoms with Gasteiger partial charge < -0.3 is 0 Å². The van der Waals surface area contributed by atoms with Crippen molar-refractivity contribution in [1.82, 2.24) is 15.0 Å². The first-order chi connectivity index (χ1) is 28.2. The molecular formula is C53H33N3S. The highest BCUT2D eigenvalue weighted by molar-refractivity contribution is 7.26. The molecule has 0 saturated heterocycles. The molecule has 0 unspecified atom stereocenters. The van der Waals surface area contributed by atoms with Crippen LogP contribution >= 0.6 is 11.3 Å². The molecule has 0 N–H and O–H groups in total. The van der Waals surface area contributed by atoms with Crippen molar-refractivity contribution in [3.05, 3.63) is 200 Å². The second-order valence-corrected chi connectivity index (χ2v) is 15.4. The number of hydrogen-bond acceptors (Lipinski definition) is 4. The predicted molar refractivity (Wildman–Crippen MR) is 240 cm³/mol. The van der Waals surface area contributed by atoms with Gasteiger partial charge in [-0.05, 0) is 91.8 Å². The van der Waals surface area contributed by atoms with E-state index in [1.54, 1.807) is 11.3 Å². The molecule has 0 amide bonds. The quantitative estimate of drug-likeness (QED) is 0.159. The summed E-state index contributed by atoms with van der Waals surface area (Å²) < 4.78 is 2.41. The van der Waals surface area contributed by atoms with Crippen molar-refractivity contribution < 1.29 is 0 Å². The third kappa shape index (κ3) is 5.95. The molecule has 0 radical (unpaired) electrons. The lowest BCUT2D eigenvalue weighted by Gasteiger charge is -2.16. The van der Waals surface area contributed by atoms with Crippen LogP contribution in [0.5, 0.6) is 0 Å². The molecule has 0 aliphatic carbocycles. The summed E-state index contributed by atoms with van der Waals surface area (Å²) in [4.78, 5) is 15.4. The van der Waals surface area contributed by atoms with Gasteiger partial charge in [0.1, 0.15) is 0 Å². The lowest BCUT2D eigenvalue weighted by atomic mass is 9.90. The highest BCUT2D eigenvalue weighted by atomic mass is 32.1. The Bertz CT molecular complexity index is 3280. The molecule has 0 aliphatic heterocycles. The smallest absolute Gasteiger partial charge is 0.160 e. The van der Waals surface area contributed by atoms with E-state index in [0.29, 0.717) is 5.82 Å². The van der Waals surface area contributed by atoms with E-state index < -0.39 is 0 Å². The van der Waals surface area contributed by atoms with Crippen LogP contribution in [-0.4, -0.2) is 15.0 Å². The standard InChI is InChI=1S/C53H33N3S/c1-3-13-34(14-4-1)35-23-25-37(26-24-35)53-55-48(36-15-5-2-6-16-36)33-49(56-53)41-30-39(43-27-28-54-51-46-21-11-12-22-50(46)57-52(43)51)29-40(31-41)47-32-38-17-7-8-18-42(38)44-19-9-10-20-45(44)47/h1-33H. The normalized spacial score (nSPS) is 11.5. The summed E-state index contributed by atoms with van der Waals surface area (Å²) >= 11 is 1.80. The van der Waals surface area contributed by atoms with Crippen LogP contribution in [0.2, 0.25) is 0 Å². The van der Waals surface area contributed by atoms with Crippen molar-refractivity contribution >= 4 is 53.2 Å². The Kier molecular flexibility index (Phi) is 8.01. The van der Waals surface area contributed by atoms with Gasteiger partial charge >= 0.3 is 0 Å². The molecule has 266 valence electrons. The van der Waals surface area contributed by atoms with E-state index in [0.717, 1.165) is 55.8 Å². The van der Waals surface area contributed by atoms with Gasteiger partial charge in [-0.25, -0.2) is 9.97 Å². The predicted octanol–water partition coefficient (Wildman–Crippen LogP) is 14.5. The van der Waals surface area contributed by atoms with Crippen LogP contribution < -0.4 is 0 Å². The average molecular weight is 744 g/mol. The molecule has 0 saturated carbocycles. The fourth-order valence-electron chi connectivity index (χ4n) is 8.13. The molecule has 8 aromatic carbocycles.